The Bertz CT molecular complexity index is 604. The molecule has 2 aromatic rings. The van der Waals surface area contributed by atoms with Crippen LogP contribution in [0.25, 0.3) is 10.7 Å². The molecule has 0 amide bonds. The third-order valence-electron chi connectivity index (χ3n) is 3.07. The van der Waals surface area contributed by atoms with Crippen molar-refractivity contribution in [3.63, 3.8) is 0 Å². The summed E-state index contributed by atoms with van der Waals surface area (Å²) in [5.41, 5.74) is 3.12. The highest BCUT2D eigenvalue weighted by Gasteiger charge is 2.30. The van der Waals surface area contributed by atoms with Crippen molar-refractivity contribution in [1.82, 2.24) is 19.7 Å². The Kier molecular flexibility index (Phi) is 3.07. The molecule has 0 aliphatic heterocycles. The summed E-state index contributed by atoms with van der Waals surface area (Å²) >= 11 is 6.98. The zero-order chi connectivity index (χ0) is 12.7. The van der Waals surface area contributed by atoms with Crippen LogP contribution in [-0.2, 0) is 6.54 Å². The first-order valence-electron chi connectivity index (χ1n) is 6.25. The first kappa shape index (κ1) is 12.0. The molecule has 96 valence electrons. The van der Waals surface area contributed by atoms with Gasteiger partial charge in [-0.1, -0.05) is 13.8 Å². The Balaban J connectivity index is 2.05. The van der Waals surface area contributed by atoms with Crippen molar-refractivity contribution in [1.29, 1.82) is 0 Å². The third-order valence-corrected chi connectivity index (χ3v) is 4.22. The van der Waals surface area contributed by atoms with Crippen LogP contribution in [-0.4, -0.2) is 19.7 Å². The number of nitrogens with zero attached hydrogens (tertiary/aromatic N) is 3. The molecule has 0 saturated heterocycles. The summed E-state index contributed by atoms with van der Waals surface area (Å²) in [5.74, 6) is 2.15. The molecule has 1 fully saturated rings. The lowest BCUT2D eigenvalue weighted by atomic mass is 10.2. The molecule has 0 radical (unpaired) electrons. The van der Waals surface area contributed by atoms with Crippen LogP contribution in [0.3, 0.4) is 0 Å². The molecule has 0 atom stereocenters. The maximum atomic E-state index is 5.32. The van der Waals surface area contributed by atoms with Gasteiger partial charge in [0.2, 0.25) is 0 Å². The maximum absolute atomic E-state index is 5.32. The molecule has 6 heteroatoms. The molecule has 1 saturated carbocycles. The fourth-order valence-corrected chi connectivity index (χ4v) is 3.17. The lowest BCUT2D eigenvalue weighted by Gasteiger charge is -2.08. The zero-order valence-corrected chi connectivity index (χ0v) is 12.1. The largest absolute Gasteiger partial charge is 0.299 e. The summed E-state index contributed by atoms with van der Waals surface area (Å²) in [6, 6.07) is 0. The topological polar surface area (TPSA) is 46.5 Å². The van der Waals surface area contributed by atoms with Crippen molar-refractivity contribution >= 4 is 23.6 Å². The Labute approximate surface area is 115 Å². The van der Waals surface area contributed by atoms with E-state index in [2.05, 4.69) is 33.6 Å². The smallest absolute Gasteiger partial charge is 0.195 e. The minimum atomic E-state index is 0.547. The average molecular weight is 280 g/mol. The molecule has 0 unspecified atom stereocenters. The number of aromatic amines is 1. The molecule has 18 heavy (non-hydrogen) atoms. The fraction of sp³-hybridized carbons (Fsp3) is 0.583. The van der Waals surface area contributed by atoms with Crippen LogP contribution >= 0.6 is 23.6 Å². The number of hydrogen-bond acceptors (Lipinski definition) is 4. The second-order valence-electron chi connectivity index (χ2n) is 5.20. The van der Waals surface area contributed by atoms with E-state index in [9.17, 15) is 0 Å². The summed E-state index contributed by atoms with van der Waals surface area (Å²) in [5, 5.41) is 7.31. The van der Waals surface area contributed by atoms with Crippen LogP contribution in [0.15, 0.2) is 5.51 Å². The van der Waals surface area contributed by atoms with Gasteiger partial charge in [-0.2, -0.15) is 5.10 Å². The minimum absolute atomic E-state index is 0.547. The molecule has 3 rings (SSSR count). The van der Waals surface area contributed by atoms with Crippen molar-refractivity contribution in [3.05, 3.63) is 16.0 Å². The van der Waals surface area contributed by atoms with E-state index in [1.54, 1.807) is 11.3 Å². The van der Waals surface area contributed by atoms with Gasteiger partial charge in [0.05, 0.1) is 16.1 Å². The summed E-state index contributed by atoms with van der Waals surface area (Å²) in [6.07, 6.45) is 2.51. The summed E-state index contributed by atoms with van der Waals surface area (Å²) < 4.78 is 2.80. The Hall–Kier alpha value is -1.01. The first-order chi connectivity index (χ1) is 8.66. The van der Waals surface area contributed by atoms with Gasteiger partial charge in [-0.15, -0.1) is 11.3 Å². The molecule has 0 bridgehead atoms. The van der Waals surface area contributed by atoms with Gasteiger partial charge in [-0.25, -0.2) is 4.98 Å². The van der Waals surface area contributed by atoms with E-state index in [4.69, 9.17) is 12.2 Å². The van der Waals surface area contributed by atoms with Crippen molar-refractivity contribution in [2.75, 3.05) is 0 Å². The monoisotopic (exact) mass is 280 g/mol. The van der Waals surface area contributed by atoms with Crippen LogP contribution in [0.1, 0.15) is 38.3 Å². The predicted molar refractivity (Wildman–Crippen MR) is 75.3 cm³/mol. The van der Waals surface area contributed by atoms with Crippen LogP contribution in [0.5, 0.6) is 0 Å². The first-order valence-corrected chi connectivity index (χ1v) is 7.54. The lowest BCUT2D eigenvalue weighted by molar-refractivity contribution is 0.521. The predicted octanol–water partition coefficient (Wildman–Crippen LogP) is 3.60. The van der Waals surface area contributed by atoms with Gasteiger partial charge in [0.25, 0.3) is 0 Å². The molecule has 1 aliphatic carbocycles. The van der Waals surface area contributed by atoms with Crippen molar-refractivity contribution in [2.45, 2.75) is 39.2 Å². The normalized spacial score (nSPS) is 15.5. The standard InChI is InChI=1S/C12H16N4S2/c1-7(2)5-16-11(14-15-12(16)17)10-9(8-3-4-8)13-6-18-10/h6-8H,3-5H2,1-2H3,(H,15,17). The Morgan fingerprint density at radius 3 is 3.00 bits per heavy atom. The molecular weight excluding hydrogens is 264 g/mol. The van der Waals surface area contributed by atoms with E-state index in [0.29, 0.717) is 16.6 Å². The maximum Gasteiger partial charge on any atom is 0.195 e. The zero-order valence-electron chi connectivity index (χ0n) is 10.5. The third kappa shape index (κ3) is 2.14. The molecule has 2 heterocycles. The Morgan fingerprint density at radius 2 is 2.33 bits per heavy atom. The average Bonchev–Trinajstić information content (AvgIpc) is 2.96. The van der Waals surface area contributed by atoms with Crippen molar-refractivity contribution < 1.29 is 0 Å². The fourth-order valence-electron chi connectivity index (χ4n) is 2.10. The van der Waals surface area contributed by atoms with E-state index < -0.39 is 0 Å². The molecule has 2 aromatic heterocycles. The van der Waals surface area contributed by atoms with E-state index in [0.717, 1.165) is 12.4 Å². The number of H-pyrrole nitrogens is 1. The Morgan fingerprint density at radius 1 is 1.56 bits per heavy atom. The quantitative estimate of drug-likeness (QED) is 0.870. The second-order valence-corrected chi connectivity index (χ2v) is 6.44. The van der Waals surface area contributed by atoms with Gasteiger partial charge in [0.15, 0.2) is 10.6 Å². The van der Waals surface area contributed by atoms with Gasteiger partial charge >= 0.3 is 0 Å². The number of aromatic nitrogens is 4. The number of thiazole rings is 1. The SMILES string of the molecule is CC(C)Cn1c(-c2scnc2C2CC2)n[nH]c1=S. The molecule has 1 N–H and O–H groups in total. The van der Waals surface area contributed by atoms with Gasteiger partial charge < -0.3 is 0 Å². The van der Waals surface area contributed by atoms with E-state index >= 15 is 0 Å². The van der Waals surface area contributed by atoms with Crippen LogP contribution < -0.4 is 0 Å². The van der Waals surface area contributed by atoms with Gasteiger partial charge in [0, 0.05) is 12.5 Å². The molecule has 1 aliphatic rings. The molecule has 0 aromatic carbocycles. The highest BCUT2D eigenvalue weighted by molar-refractivity contribution is 7.71. The highest BCUT2D eigenvalue weighted by Crippen LogP contribution is 2.44. The van der Waals surface area contributed by atoms with Gasteiger partial charge in [-0.05, 0) is 31.0 Å². The van der Waals surface area contributed by atoms with Gasteiger partial charge in [-0.3, -0.25) is 9.67 Å². The minimum Gasteiger partial charge on any atom is -0.299 e. The van der Waals surface area contributed by atoms with E-state index in [1.807, 2.05) is 5.51 Å². The van der Waals surface area contributed by atoms with Crippen LogP contribution in [0.2, 0.25) is 0 Å². The van der Waals surface area contributed by atoms with E-state index in [-0.39, 0.29) is 0 Å². The van der Waals surface area contributed by atoms with Crippen LogP contribution in [0, 0.1) is 10.7 Å². The molecule has 4 nitrogen and oxygen atoms in total. The molecule has 0 spiro atoms. The number of rotatable bonds is 4. The summed E-state index contributed by atoms with van der Waals surface area (Å²) in [7, 11) is 0. The highest BCUT2D eigenvalue weighted by atomic mass is 32.1. The number of hydrogen-bond donors (Lipinski definition) is 1. The van der Waals surface area contributed by atoms with Crippen molar-refractivity contribution in [3.8, 4) is 10.7 Å². The van der Waals surface area contributed by atoms with Gasteiger partial charge in [0.1, 0.15) is 0 Å². The molecular formula is C12H16N4S2. The van der Waals surface area contributed by atoms with Crippen LogP contribution in [0.4, 0.5) is 0 Å². The van der Waals surface area contributed by atoms with Crippen molar-refractivity contribution in [2.24, 2.45) is 5.92 Å². The van der Waals surface area contributed by atoms with E-state index in [1.165, 1.54) is 23.4 Å². The second kappa shape index (κ2) is 4.59. The summed E-state index contributed by atoms with van der Waals surface area (Å²) in [4.78, 5) is 5.69. The summed E-state index contributed by atoms with van der Waals surface area (Å²) in [6.45, 7) is 5.27. The lowest BCUT2D eigenvalue weighted by Crippen LogP contribution is -2.06. The number of nitrogens with one attached hydrogen (secondary N) is 1.